The summed E-state index contributed by atoms with van der Waals surface area (Å²) in [5.74, 6) is 0.519. The third kappa shape index (κ3) is 4.61. The average Bonchev–Trinajstić information content (AvgIpc) is 2.94. The van der Waals surface area contributed by atoms with Crippen molar-refractivity contribution < 1.29 is 0 Å². The van der Waals surface area contributed by atoms with Crippen LogP contribution in [-0.2, 0) is 6.54 Å². The van der Waals surface area contributed by atoms with Crippen molar-refractivity contribution in [1.29, 1.82) is 0 Å². The zero-order valence-corrected chi connectivity index (χ0v) is 13.7. The quantitative estimate of drug-likeness (QED) is 0.649. The number of rotatable bonds is 5. The minimum atomic E-state index is 0.519. The Balaban J connectivity index is 1.82. The van der Waals surface area contributed by atoms with E-state index < -0.39 is 0 Å². The molecule has 1 aromatic rings. The van der Waals surface area contributed by atoms with Gasteiger partial charge in [0.1, 0.15) is 0 Å². The molecule has 116 valence electrons. The van der Waals surface area contributed by atoms with Crippen LogP contribution in [-0.4, -0.2) is 36.5 Å². The number of benzene rings is 1. The van der Waals surface area contributed by atoms with Crippen molar-refractivity contribution >= 4 is 17.6 Å². The van der Waals surface area contributed by atoms with Crippen LogP contribution < -0.4 is 11.1 Å². The molecule has 1 heterocycles. The van der Waals surface area contributed by atoms with Gasteiger partial charge in [0.2, 0.25) is 0 Å². The molecule has 0 aliphatic carbocycles. The number of hydrogen-bond donors (Lipinski definition) is 2. The first-order valence-electron chi connectivity index (χ1n) is 7.63. The van der Waals surface area contributed by atoms with Gasteiger partial charge in [0.05, 0.1) is 6.54 Å². The topological polar surface area (TPSA) is 53.6 Å². The summed E-state index contributed by atoms with van der Waals surface area (Å²) in [5.41, 5.74) is 8.14. The normalized spacial score (nSPS) is 20.0. The third-order valence-corrected chi connectivity index (χ3v) is 4.50. The van der Waals surface area contributed by atoms with Crippen LogP contribution in [0.15, 0.2) is 23.2 Å². The van der Waals surface area contributed by atoms with E-state index in [0.717, 1.165) is 29.2 Å². The lowest BCUT2D eigenvalue weighted by Gasteiger charge is -2.23. The van der Waals surface area contributed by atoms with Crippen molar-refractivity contribution in [3.05, 3.63) is 34.3 Å². The van der Waals surface area contributed by atoms with Crippen LogP contribution in [0.1, 0.15) is 30.9 Å². The minimum absolute atomic E-state index is 0.519. The summed E-state index contributed by atoms with van der Waals surface area (Å²) in [6.07, 6.45) is 2.52. The maximum Gasteiger partial charge on any atom is 0.188 e. The molecule has 0 bridgehead atoms. The van der Waals surface area contributed by atoms with Crippen LogP contribution in [0.4, 0.5) is 0 Å². The van der Waals surface area contributed by atoms with E-state index in [0.29, 0.717) is 18.5 Å². The smallest absolute Gasteiger partial charge is 0.188 e. The molecule has 0 saturated carbocycles. The van der Waals surface area contributed by atoms with E-state index in [1.54, 1.807) is 0 Å². The van der Waals surface area contributed by atoms with E-state index >= 15 is 0 Å². The molecular weight excluding hydrogens is 284 g/mol. The first-order chi connectivity index (χ1) is 10.1. The lowest BCUT2D eigenvalue weighted by atomic mass is 10.1. The molecule has 1 unspecified atom stereocenters. The Morgan fingerprint density at radius 1 is 1.52 bits per heavy atom. The average molecular weight is 309 g/mol. The molecule has 0 amide bonds. The zero-order valence-electron chi connectivity index (χ0n) is 12.9. The summed E-state index contributed by atoms with van der Waals surface area (Å²) >= 11 is 6.02. The lowest BCUT2D eigenvalue weighted by molar-refractivity contribution is 0.267. The summed E-state index contributed by atoms with van der Waals surface area (Å²) < 4.78 is 0. The third-order valence-electron chi connectivity index (χ3n) is 4.08. The Hall–Kier alpha value is -1.26. The van der Waals surface area contributed by atoms with E-state index in [9.17, 15) is 0 Å². The molecule has 0 radical (unpaired) electrons. The zero-order chi connectivity index (χ0) is 15.2. The second kappa shape index (κ2) is 7.66. The highest BCUT2D eigenvalue weighted by Crippen LogP contribution is 2.17. The van der Waals surface area contributed by atoms with Crippen LogP contribution >= 0.6 is 11.6 Å². The molecule has 5 heteroatoms. The number of guanidine groups is 1. The number of hydrogen-bond acceptors (Lipinski definition) is 2. The Kier molecular flexibility index (Phi) is 5.88. The molecule has 1 fully saturated rings. The molecule has 21 heavy (non-hydrogen) atoms. The minimum Gasteiger partial charge on any atom is -0.370 e. The first-order valence-corrected chi connectivity index (χ1v) is 8.00. The van der Waals surface area contributed by atoms with Gasteiger partial charge in [0.25, 0.3) is 0 Å². The Morgan fingerprint density at radius 3 is 3.05 bits per heavy atom. The van der Waals surface area contributed by atoms with Crippen LogP contribution in [0.5, 0.6) is 0 Å². The molecule has 1 saturated heterocycles. The molecule has 1 aliphatic rings. The summed E-state index contributed by atoms with van der Waals surface area (Å²) in [5, 5.41) is 4.03. The molecule has 0 spiro atoms. The van der Waals surface area contributed by atoms with Crippen LogP contribution in [0.25, 0.3) is 0 Å². The second-order valence-electron chi connectivity index (χ2n) is 5.59. The van der Waals surface area contributed by atoms with Gasteiger partial charge in [-0.1, -0.05) is 30.7 Å². The monoisotopic (exact) mass is 308 g/mol. The Bertz CT molecular complexity index is 501. The predicted octanol–water partition coefficient (Wildman–Crippen LogP) is 2.54. The molecule has 2 rings (SSSR count). The number of nitrogens with one attached hydrogen (secondary N) is 1. The SMILES string of the molecule is CCN1CCCC1CNC(N)=NCc1ccc(Cl)c(C)c1. The first kappa shape index (κ1) is 16.1. The summed E-state index contributed by atoms with van der Waals surface area (Å²) in [7, 11) is 0. The van der Waals surface area contributed by atoms with E-state index in [1.165, 1.54) is 19.4 Å². The number of nitrogens with two attached hydrogens (primary N) is 1. The maximum atomic E-state index is 6.02. The fourth-order valence-electron chi connectivity index (χ4n) is 2.80. The molecule has 1 atom stereocenters. The van der Waals surface area contributed by atoms with Gasteiger partial charge in [-0.25, -0.2) is 4.99 Å². The molecule has 1 aliphatic heterocycles. The lowest BCUT2D eigenvalue weighted by Crippen LogP contribution is -2.42. The molecule has 3 N–H and O–H groups in total. The number of aliphatic imine (C=N–C) groups is 1. The van der Waals surface area contributed by atoms with Crippen LogP contribution in [0.3, 0.4) is 0 Å². The Labute approximate surface area is 132 Å². The van der Waals surface area contributed by atoms with Gasteiger partial charge in [-0.2, -0.15) is 0 Å². The predicted molar refractivity (Wildman–Crippen MR) is 89.8 cm³/mol. The Morgan fingerprint density at radius 2 is 2.33 bits per heavy atom. The van der Waals surface area contributed by atoms with E-state index in [-0.39, 0.29) is 0 Å². The number of aryl methyl sites for hydroxylation is 1. The number of likely N-dealkylation sites (tertiary alicyclic amines) is 1. The van der Waals surface area contributed by atoms with Gasteiger partial charge in [-0.05, 0) is 50.0 Å². The standard InChI is InChI=1S/C16H25ClN4/c1-3-21-8-4-5-14(21)11-20-16(18)19-10-13-6-7-15(17)12(2)9-13/h6-7,9,14H,3-5,8,10-11H2,1-2H3,(H3,18,19,20). The van der Waals surface area contributed by atoms with Crippen molar-refractivity contribution in [3.63, 3.8) is 0 Å². The van der Waals surface area contributed by atoms with Gasteiger partial charge >= 0.3 is 0 Å². The highest BCUT2D eigenvalue weighted by Gasteiger charge is 2.22. The van der Waals surface area contributed by atoms with Gasteiger partial charge < -0.3 is 11.1 Å². The van der Waals surface area contributed by atoms with Crippen molar-refractivity contribution in [1.82, 2.24) is 10.2 Å². The van der Waals surface area contributed by atoms with Crippen molar-refractivity contribution in [2.75, 3.05) is 19.6 Å². The van der Waals surface area contributed by atoms with Crippen LogP contribution in [0.2, 0.25) is 5.02 Å². The number of likely N-dealkylation sites (N-methyl/N-ethyl adjacent to an activating group) is 1. The van der Waals surface area contributed by atoms with Gasteiger partial charge in [0, 0.05) is 17.6 Å². The maximum absolute atomic E-state index is 6.02. The summed E-state index contributed by atoms with van der Waals surface area (Å²) in [4.78, 5) is 6.89. The highest BCUT2D eigenvalue weighted by molar-refractivity contribution is 6.31. The molecule has 4 nitrogen and oxygen atoms in total. The second-order valence-corrected chi connectivity index (χ2v) is 6.00. The van der Waals surface area contributed by atoms with E-state index in [2.05, 4.69) is 28.2 Å². The largest absolute Gasteiger partial charge is 0.370 e. The van der Waals surface area contributed by atoms with E-state index in [1.807, 2.05) is 19.1 Å². The van der Waals surface area contributed by atoms with Crippen molar-refractivity contribution in [2.45, 2.75) is 39.3 Å². The molecule has 1 aromatic carbocycles. The van der Waals surface area contributed by atoms with Crippen LogP contribution in [0, 0.1) is 6.92 Å². The van der Waals surface area contributed by atoms with Crippen molar-refractivity contribution in [3.8, 4) is 0 Å². The number of halogens is 1. The fourth-order valence-corrected chi connectivity index (χ4v) is 2.92. The summed E-state index contributed by atoms with van der Waals surface area (Å²) in [6.45, 7) is 7.97. The number of nitrogens with zero attached hydrogens (tertiary/aromatic N) is 2. The van der Waals surface area contributed by atoms with E-state index in [4.69, 9.17) is 17.3 Å². The highest BCUT2D eigenvalue weighted by atomic mass is 35.5. The van der Waals surface area contributed by atoms with Gasteiger partial charge in [-0.15, -0.1) is 0 Å². The van der Waals surface area contributed by atoms with Gasteiger partial charge in [-0.3, -0.25) is 4.90 Å². The summed E-state index contributed by atoms with van der Waals surface area (Å²) in [6, 6.07) is 6.53. The van der Waals surface area contributed by atoms with Crippen molar-refractivity contribution in [2.24, 2.45) is 10.7 Å². The van der Waals surface area contributed by atoms with Gasteiger partial charge in [0.15, 0.2) is 5.96 Å². The fraction of sp³-hybridized carbons (Fsp3) is 0.562. The molecular formula is C16H25ClN4. The molecule has 0 aromatic heterocycles.